The van der Waals surface area contributed by atoms with Gasteiger partial charge in [0.15, 0.2) is 11.4 Å². The highest BCUT2D eigenvalue weighted by Gasteiger charge is 2.27. The van der Waals surface area contributed by atoms with Crippen LogP contribution in [0.5, 0.6) is 5.75 Å². The Labute approximate surface area is 163 Å². The molecule has 0 spiro atoms. The van der Waals surface area contributed by atoms with Gasteiger partial charge in [0.2, 0.25) is 0 Å². The van der Waals surface area contributed by atoms with Gasteiger partial charge in [0, 0.05) is 6.54 Å². The molecule has 2 aromatic heterocycles. The summed E-state index contributed by atoms with van der Waals surface area (Å²) in [7, 11) is 1.54. The van der Waals surface area contributed by atoms with Crippen LogP contribution in [0.25, 0.3) is 5.69 Å². The van der Waals surface area contributed by atoms with Crippen LogP contribution in [0.15, 0.2) is 59.3 Å². The van der Waals surface area contributed by atoms with Crippen molar-refractivity contribution >= 4 is 5.91 Å². The highest BCUT2D eigenvalue weighted by atomic mass is 16.5. The van der Waals surface area contributed by atoms with Crippen molar-refractivity contribution in [3.63, 3.8) is 0 Å². The van der Waals surface area contributed by atoms with Crippen molar-refractivity contribution < 1.29 is 13.9 Å². The van der Waals surface area contributed by atoms with E-state index in [-0.39, 0.29) is 17.6 Å². The maximum absolute atomic E-state index is 12.8. The zero-order chi connectivity index (χ0) is 19.3. The molecule has 4 rings (SSSR count). The molecule has 1 aromatic carbocycles. The number of ether oxygens (including phenoxy) is 1. The molecular weight excluding hydrogens is 356 g/mol. The van der Waals surface area contributed by atoms with E-state index < -0.39 is 0 Å². The summed E-state index contributed by atoms with van der Waals surface area (Å²) in [5.74, 6) is 1.04. The number of benzene rings is 1. The maximum Gasteiger partial charge on any atom is 0.275 e. The van der Waals surface area contributed by atoms with Crippen LogP contribution in [0.2, 0.25) is 0 Å². The Bertz CT molecular complexity index is 899. The lowest BCUT2D eigenvalue weighted by Gasteiger charge is -2.25. The first-order valence-corrected chi connectivity index (χ1v) is 9.51. The molecule has 1 amide bonds. The van der Waals surface area contributed by atoms with E-state index in [0.717, 1.165) is 24.5 Å². The zero-order valence-electron chi connectivity index (χ0n) is 15.9. The van der Waals surface area contributed by atoms with Crippen LogP contribution in [0, 0.1) is 0 Å². The first-order chi connectivity index (χ1) is 13.8. The summed E-state index contributed by atoms with van der Waals surface area (Å²) in [6, 6.07) is 13.5. The lowest BCUT2D eigenvalue weighted by Crippen LogP contribution is -2.36. The molecule has 1 atom stereocenters. The topological polar surface area (TPSA) is 72.5 Å². The number of hydrogen-bond donors (Lipinski definition) is 1. The number of furan rings is 1. The lowest BCUT2D eigenvalue weighted by molar-refractivity contribution is 0.0925. The van der Waals surface area contributed by atoms with Crippen LogP contribution in [0.4, 0.5) is 0 Å². The fourth-order valence-corrected chi connectivity index (χ4v) is 3.59. The third-order valence-corrected chi connectivity index (χ3v) is 5.05. The Kier molecular flexibility index (Phi) is 5.43. The number of nitrogens with one attached hydrogen (secondary N) is 1. The number of para-hydroxylation sites is 1. The van der Waals surface area contributed by atoms with Crippen LogP contribution in [-0.4, -0.2) is 47.3 Å². The number of rotatable bonds is 7. The fourth-order valence-electron chi connectivity index (χ4n) is 3.59. The Hall–Kier alpha value is -3.06. The van der Waals surface area contributed by atoms with Crippen molar-refractivity contribution in [2.45, 2.75) is 18.9 Å². The molecule has 28 heavy (non-hydrogen) atoms. The highest BCUT2D eigenvalue weighted by Crippen LogP contribution is 2.25. The lowest BCUT2D eigenvalue weighted by atomic mass is 10.2. The van der Waals surface area contributed by atoms with E-state index in [0.29, 0.717) is 12.3 Å². The number of nitrogens with zero attached hydrogens (tertiary/aromatic N) is 3. The molecule has 0 saturated carbocycles. The summed E-state index contributed by atoms with van der Waals surface area (Å²) in [4.78, 5) is 15.2. The molecule has 7 nitrogen and oxygen atoms in total. The molecule has 0 aliphatic carbocycles. The predicted molar refractivity (Wildman–Crippen MR) is 105 cm³/mol. The summed E-state index contributed by atoms with van der Waals surface area (Å²) < 4.78 is 12.6. The Morgan fingerprint density at radius 1 is 1.21 bits per heavy atom. The number of carbonyl (C=O) groups excluding carboxylic acids is 1. The molecule has 0 radical (unpaired) electrons. The minimum absolute atomic E-state index is 0.0173. The standard InChI is InChI=1S/C21H24N4O3/c1-27-19-15-25(16-8-3-2-4-9-16)23-20(19)21(26)22-14-17(18-10-7-13-28-18)24-11-5-6-12-24/h2-4,7-10,13,15,17H,5-6,11-12,14H2,1H3,(H,22,26)/t17-/m1/s1. The molecule has 3 heterocycles. The maximum atomic E-state index is 12.8. The van der Waals surface area contributed by atoms with Gasteiger partial charge in [-0.2, -0.15) is 5.10 Å². The van der Waals surface area contributed by atoms with Crippen LogP contribution in [-0.2, 0) is 0 Å². The van der Waals surface area contributed by atoms with Crippen molar-refractivity contribution in [3.05, 3.63) is 66.4 Å². The first-order valence-electron chi connectivity index (χ1n) is 9.51. The van der Waals surface area contributed by atoms with Crippen LogP contribution < -0.4 is 10.1 Å². The molecule has 1 saturated heterocycles. The van der Waals surface area contributed by atoms with E-state index in [1.807, 2.05) is 42.5 Å². The summed E-state index contributed by atoms with van der Waals surface area (Å²) in [6.45, 7) is 2.47. The predicted octanol–water partition coefficient (Wildman–Crippen LogP) is 3.04. The number of carbonyl (C=O) groups is 1. The quantitative estimate of drug-likeness (QED) is 0.682. The van der Waals surface area contributed by atoms with Gasteiger partial charge in [-0.15, -0.1) is 0 Å². The highest BCUT2D eigenvalue weighted by molar-refractivity contribution is 5.95. The van der Waals surface area contributed by atoms with Crippen molar-refractivity contribution in [1.29, 1.82) is 0 Å². The van der Waals surface area contributed by atoms with Gasteiger partial charge < -0.3 is 14.5 Å². The largest absolute Gasteiger partial charge is 0.493 e. The van der Waals surface area contributed by atoms with Gasteiger partial charge in [0.1, 0.15) is 5.76 Å². The number of likely N-dealkylation sites (tertiary alicyclic amines) is 1. The van der Waals surface area contributed by atoms with Gasteiger partial charge in [-0.3, -0.25) is 9.69 Å². The molecule has 146 valence electrons. The van der Waals surface area contributed by atoms with E-state index in [4.69, 9.17) is 9.15 Å². The smallest absolute Gasteiger partial charge is 0.275 e. The van der Waals surface area contributed by atoms with E-state index in [2.05, 4.69) is 15.3 Å². The van der Waals surface area contributed by atoms with Crippen molar-refractivity contribution in [2.75, 3.05) is 26.7 Å². The van der Waals surface area contributed by atoms with Crippen molar-refractivity contribution in [1.82, 2.24) is 20.0 Å². The SMILES string of the molecule is COc1cn(-c2ccccc2)nc1C(=O)NC[C@H](c1ccco1)N1CCCC1. The van der Waals surface area contributed by atoms with E-state index in [1.165, 1.54) is 12.8 Å². The van der Waals surface area contributed by atoms with Crippen molar-refractivity contribution in [3.8, 4) is 11.4 Å². The zero-order valence-corrected chi connectivity index (χ0v) is 15.9. The van der Waals surface area contributed by atoms with Gasteiger partial charge in [0.25, 0.3) is 5.91 Å². The fraction of sp³-hybridized carbons (Fsp3) is 0.333. The van der Waals surface area contributed by atoms with Gasteiger partial charge in [-0.25, -0.2) is 4.68 Å². The van der Waals surface area contributed by atoms with Crippen LogP contribution in [0.3, 0.4) is 0 Å². The van der Waals surface area contributed by atoms with Gasteiger partial charge in [-0.1, -0.05) is 18.2 Å². The second kappa shape index (κ2) is 8.31. The van der Waals surface area contributed by atoms with E-state index in [1.54, 1.807) is 24.3 Å². The first kappa shape index (κ1) is 18.3. The summed E-state index contributed by atoms with van der Waals surface area (Å²) in [6.07, 6.45) is 5.72. The van der Waals surface area contributed by atoms with E-state index in [9.17, 15) is 4.79 Å². The number of methoxy groups -OCH3 is 1. The van der Waals surface area contributed by atoms with Crippen LogP contribution >= 0.6 is 0 Å². The molecule has 3 aromatic rings. The molecule has 0 unspecified atom stereocenters. The number of aromatic nitrogens is 2. The summed E-state index contributed by atoms with van der Waals surface area (Å²) in [5, 5.41) is 7.44. The Morgan fingerprint density at radius 2 is 2.00 bits per heavy atom. The Balaban J connectivity index is 1.50. The van der Waals surface area contributed by atoms with Gasteiger partial charge in [-0.05, 0) is 50.2 Å². The number of amides is 1. The molecule has 1 aliphatic rings. The third kappa shape index (κ3) is 3.80. The van der Waals surface area contributed by atoms with Crippen LogP contribution in [0.1, 0.15) is 35.1 Å². The third-order valence-electron chi connectivity index (χ3n) is 5.05. The molecular formula is C21H24N4O3. The van der Waals surface area contributed by atoms with Crippen molar-refractivity contribution in [2.24, 2.45) is 0 Å². The average Bonchev–Trinajstić information content (AvgIpc) is 3.50. The summed E-state index contributed by atoms with van der Waals surface area (Å²) in [5.41, 5.74) is 1.14. The monoisotopic (exact) mass is 380 g/mol. The van der Waals surface area contributed by atoms with Gasteiger partial charge >= 0.3 is 0 Å². The minimum atomic E-state index is -0.262. The molecule has 1 N–H and O–H groups in total. The second-order valence-electron chi connectivity index (χ2n) is 6.81. The molecule has 7 heteroatoms. The number of hydrogen-bond acceptors (Lipinski definition) is 5. The molecule has 1 aliphatic heterocycles. The minimum Gasteiger partial charge on any atom is -0.493 e. The molecule has 0 bridgehead atoms. The van der Waals surface area contributed by atoms with E-state index >= 15 is 0 Å². The average molecular weight is 380 g/mol. The second-order valence-corrected chi connectivity index (χ2v) is 6.81. The Morgan fingerprint density at radius 3 is 2.68 bits per heavy atom. The van der Waals surface area contributed by atoms with Gasteiger partial charge in [0.05, 0.1) is 31.3 Å². The normalized spacial score (nSPS) is 15.5. The molecule has 1 fully saturated rings. The summed E-state index contributed by atoms with van der Waals surface area (Å²) >= 11 is 0.